The number of hydrogen-bond acceptors (Lipinski definition) is 5. The minimum atomic E-state index is -2.36. The van der Waals surface area contributed by atoms with E-state index >= 15 is 0 Å². The van der Waals surface area contributed by atoms with Crippen LogP contribution in [0.2, 0.25) is 36.3 Å². The molecule has 1 unspecified atom stereocenters. The van der Waals surface area contributed by atoms with Crippen molar-refractivity contribution in [3.8, 4) is 0 Å². The number of carbonyl (C=O) groups excluding carboxylic acids is 1. The predicted octanol–water partition coefficient (Wildman–Crippen LogP) is 12.5. The molecule has 284 valence electrons. The summed E-state index contributed by atoms with van der Waals surface area (Å²) in [7, 11) is -4.56. The van der Waals surface area contributed by atoms with Crippen LogP contribution in [0.25, 0.3) is 0 Å². The van der Waals surface area contributed by atoms with Crippen LogP contribution in [-0.4, -0.2) is 47.2 Å². The SMILES string of the molecule is C=C1C(=CC=C2CCC[C@]3(C)C(CC)=CC[C@@H]23)C[C@](OCC(=O)OC2CCCCCCC2)(O[Si](C)(C)C(C)(C)C)CC1O[Si](C)(C)C(C)(C)C. The molecule has 0 radical (unpaired) electrons. The molecule has 0 saturated heterocycles. The van der Waals surface area contributed by atoms with Gasteiger partial charge in [-0.2, -0.15) is 0 Å². The Balaban J connectivity index is 1.71. The monoisotopic (exact) mass is 727 g/mol. The van der Waals surface area contributed by atoms with Crippen LogP contribution in [0.15, 0.2) is 47.1 Å². The summed E-state index contributed by atoms with van der Waals surface area (Å²) in [5.74, 6) is -0.742. The van der Waals surface area contributed by atoms with Crippen LogP contribution in [0.5, 0.6) is 0 Å². The van der Waals surface area contributed by atoms with Gasteiger partial charge in [0.05, 0.1) is 6.10 Å². The van der Waals surface area contributed by atoms with E-state index < -0.39 is 22.4 Å². The maximum absolute atomic E-state index is 13.5. The van der Waals surface area contributed by atoms with E-state index in [1.54, 1.807) is 11.1 Å². The van der Waals surface area contributed by atoms with Crippen LogP contribution in [0.4, 0.5) is 0 Å². The van der Waals surface area contributed by atoms with Gasteiger partial charge in [0.2, 0.25) is 0 Å². The van der Waals surface area contributed by atoms with Crippen molar-refractivity contribution in [3.05, 3.63) is 47.1 Å². The third kappa shape index (κ3) is 9.64. The fraction of sp³-hybridized carbons (Fsp3) is 0.791. The summed E-state index contributed by atoms with van der Waals surface area (Å²) in [6.45, 7) is 32.2. The van der Waals surface area contributed by atoms with Crippen molar-refractivity contribution in [1.82, 2.24) is 0 Å². The zero-order valence-electron chi connectivity index (χ0n) is 34.3. The van der Waals surface area contributed by atoms with Crippen LogP contribution in [0.1, 0.15) is 145 Å². The van der Waals surface area contributed by atoms with Crippen molar-refractivity contribution in [1.29, 1.82) is 0 Å². The highest BCUT2D eigenvalue weighted by atomic mass is 28.4. The molecule has 0 aliphatic heterocycles. The lowest BCUT2D eigenvalue weighted by atomic mass is 9.64. The van der Waals surface area contributed by atoms with E-state index in [2.05, 4.69) is 99.8 Å². The highest BCUT2D eigenvalue weighted by molar-refractivity contribution is 6.74. The van der Waals surface area contributed by atoms with Crippen molar-refractivity contribution in [3.63, 3.8) is 0 Å². The molecule has 0 bridgehead atoms. The molecule has 0 spiro atoms. The van der Waals surface area contributed by atoms with Crippen LogP contribution in [-0.2, 0) is 23.1 Å². The van der Waals surface area contributed by atoms with E-state index in [1.807, 2.05) is 0 Å². The average Bonchev–Trinajstić information content (AvgIpc) is 3.33. The number of ether oxygens (including phenoxy) is 2. The lowest BCUT2D eigenvalue weighted by Gasteiger charge is -2.51. The van der Waals surface area contributed by atoms with E-state index in [0.717, 1.165) is 56.1 Å². The highest BCUT2D eigenvalue weighted by Gasteiger charge is 2.52. The smallest absolute Gasteiger partial charge is 0.332 e. The molecule has 0 heterocycles. The molecule has 0 N–H and O–H groups in total. The number of hydrogen-bond donors (Lipinski definition) is 0. The average molecular weight is 727 g/mol. The van der Waals surface area contributed by atoms with Gasteiger partial charge in [-0.1, -0.05) is 111 Å². The summed E-state index contributed by atoms with van der Waals surface area (Å²) in [6, 6.07) is 0. The molecule has 0 aromatic heterocycles. The van der Waals surface area contributed by atoms with Gasteiger partial charge in [-0.05, 0) is 117 Å². The van der Waals surface area contributed by atoms with Gasteiger partial charge < -0.3 is 18.3 Å². The molecular formula is C43H74O5Si2. The minimum absolute atomic E-state index is 0.0222. The predicted molar refractivity (Wildman–Crippen MR) is 214 cm³/mol. The maximum Gasteiger partial charge on any atom is 0.332 e. The van der Waals surface area contributed by atoms with Crippen LogP contribution < -0.4 is 0 Å². The third-order valence-corrected chi connectivity index (χ3v) is 22.6. The first-order valence-electron chi connectivity index (χ1n) is 20.1. The number of esters is 1. The van der Waals surface area contributed by atoms with Crippen molar-refractivity contribution >= 4 is 22.6 Å². The van der Waals surface area contributed by atoms with Crippen molar-refractivity contribution < 1.29 is 23.1 Å². The van der Waals surface area contributed by atoms with Gasteiger partial charge in [0, 0.05) is 12.8 Å². The molecule has 4 atom stereocenters. The van der Waals surface area contributed by atoms with Crippen LogP contribution >= 0.6 is 0 Å². The first-order valence-corrected chi connectivity index (χ1v) is 25.9. The lowest BCUT2D eigenvalue weighted by Crippen LogP contribution is -2.56. The summed E-state index contributed by atoms with van der Waals surface area (Å²) in [5.41, 5.74) is 5.59. The zero-order chi connectivity index (χ0) is 37.2. The number of fused-ring (bicyclic) bond motifs is 1. The topological polar surface area (TPSA) is 54.0 Å². The second-order valence-electron chi connectivity index (χ2n) is 19.4. The van der Waals surface area contributed by atoms with E-state index in [-0.39, 0.29) is 40.3 Å². The van der Waals surface area contributed by atoms with E-state index in [9.17, 15) is 4.79 Å². The first kappa shape index (κ1) is 41.5. The largest absolute Gasteiger partial charge is 0.461 e. The number of carbonyl (C=O) groups is 1. The van der Waals surface area contributed by atoms with Gasteiger partial charge in [0.15, 0.2) is 22.4 Å². The Morgan fingerprint density at radius 1 is 0.940 bits per heavy atom. The quantitative estimate of drug-likeness (QED) is 0.0971. The van der Waals surface area contributed by atoms with Crippen molar-refractivity contribution in [2.45, 2.75) is 200 Å². The molecular weight excluding hydrogens is 653 g/mol. The van der Waals surface area contributed by atoms with Gasteiger partial charge in [0.25, 0.3) is 0 Å². The Morgan fingerprint density at radius 2 is 1.56 bits per heavy atom. The Bertz CT molecular complexity index is 1300. The standard InChI is InChI=1S/C43H74O5Si2/c1-14-35-26-27-37-33(21-20-28-42(35,37)9)24-25-34-29-43(48-50(12,13)41(6,7)8,30-38(32(34)2)47-49(10,11)40(3,4)5)45-31-39(44)46-36-22-18-16-15-17-19-23-36/h24-26,36-38H,2,14-23,27-31H2,1,3-13H3/t37-,38?,42+,43-/m0/s1. The molecule has 4 aliphatic carbocycles. The van der Waals surface area contributed by atoms with Gasteiger partial charge in [-0.3, -0.25) is 0 Å². The van der Waals surface area contributed by atoms with Crippen LogP contribution in [0.3, 0.4) is 0 Å². The Labute approximate surface area is 309 Å². The molecule has 0 aromatic rings. The van der Waals surface area contributed by atoms with Crippen molar-refractivity contribution in [2.75, 3.05) is 6.61 Å². The molecule has 3 fully saturated rings. The number of allylic oxidation sites excluding steroid dienone is 5. The zero-order valence-corrected chi connectivity index (χ0v) is 36.3. The lowest BCUT2D eigenvalue weighted by molar-refractivity contribution is -0.217. The first-order chi connectivity index (χ1) is 23.1. The van der Waals surface area contributed by atoms with Gasteiger partial charge >= 0.3 is 5.97 Å². The second-order valence-corrected chi connectivity index (χ2v) is 28.8. The van der Waals surface area contributed by atoms with E-state index in [0.29, 0.717) is 18.8 Å². The summed E-state index contributed by atoms with van der Waals surface area (Å²) in [6.07, 6.45) is 21.7. The molecule has 50 heavy (non-hydrogen) atoms. The Hall–Kier alpha value is -1.26. The summed E-state index contributed by atoms with van der Waals surface area (Å²) in [5, 5.41) is -0.0153. The fourth-order valence-corrected chi connectivity index (χ4v) is 11.1. The van der Waals surface area contributed by atoms with Crippen LogP contribution in [0, 0.1) is 11.3 Å². The fourth-order valence-electron chi connectivity index (χ4n) is 8.34. The van der Waals surface area contributed by atoms with Gasteiger partial charge in [0.1, 0.15) is 12.7 Å². The number of rotatable bonds is 10. The molecule has 5 nitrogen and oxygen atoms in total. The molecule has 0 amide bonds. The molecule has 4 aliphatic rings. The Morgan fingerprint density at radius 3 is 2.16 bits per heavy atom. The maximum atomic E-state index is 13.5. The summed E-state index contributed by atoms with van der Waals surface area (Å²) in [4.78, 5) is 13.5. The normalized spacial score (nSPS) is 31.0. The molecule has 7 heteroatoms. The summed E-state index contributed by atoms with van der Waals surface area (Å²) < 4.78 is 27.5. The highest BCUT2D eigenvalue weighted by Crippen LogP contribution is 2.56. The second kappa shape index (κ2) is 16.0. The van der Waals surface area contributed by atoms with E-state index in [4.69, 9.17) is 24.9 Å². The molecule has 0 aromatic carbocycles. The van der Waals surface area contributed by atoms with Gasteiger partial charge in [-0.15, -0.1) is 0 Å². The van der Waals surface area contributed by atoms with Gasteiger partial charge in [-0.25, -0.2) is 4.79 Å². The third-order valence-electron chi connectivity index (χ3n) is 13.6. The van der Waals surface area contributed by atoms with Crippen molar-refractivity contribution in [2.24, 2.45) is 11.3 Å². The minimum Gasteiger partial charge on any atom is -0.461 e. The van der Waals surface area contributed by atoms with E-state index in [1.165, 1.54) is 32.1 Å². The summed E-state index contributed by atoms with van der Waals surface area (Å²) >= 11 is 0. The molecule has 3 saturated carbocycles. The Kier molecular flexibility index (Phi) is 13.3. The molecule has 4 rings (SSSR count).